The third kappa shape index (κ3) is 5.03. The zero-order valence-corrected chi connectivity index (χ0v) is 18.3. The van der Waals surface area contributed by atoms with E-state index in [0.29, 0.717) is 36.0 Å². The first-order chi connectivity index (χ1) is 15.9. The Morgan fingerprint density at radius 2 is 1.55 bits per heavy atom. The molecule has 1 heterocycles. The quantitative estimate of drug-likeness (QED) is 0.452. The highest BCUT2D eigenvalue weighted by molar-refractivity contribution is 6.14. The van der Waals surface area contributed by atoms with Crippen molar-refractivity contribution < 1.29 is 28.6 Å². The smallest absolute Gasteiger partial charge is 0.339 e. The van der Waals surface area contributed by atoms with E-state index in [9.17, 15) is 14.4 Å². The van der Waals surface area contributed by atoms with Crippen molar-refractivity contribution in [1.29, 1.82) is 0 Å². The molecule has 3 aromatic carbocycles. The largest absolute Gasteiger partial charge is 0.486 e. The van der Waals surface area contributed by atoms with Gasteiger partial charge in [0.05, 0.1) is 5.56 Å². The lowest BCUT2D eigenvalue weighted by Gasteiger charge is -2.19. The summed E-state index contributed by atoms with van der Waals surface area (Å²) in [6.07, 6.45) is -1.09. The number of hydrogen-bond acceptors (Lipinski definition) is 6. The minimum Gasteiger partial charge on any atom is -0.486 e. The molecule has 0 saturated carbocycles. The molecule has 168 valence electrons. The van der Waals surface area contributed by atoms with Crippen LogP contribution in [0.1, 0.15) is 38.8 Å². The van der Waals surface area contributed by atoms with Crippen LogP contribution in [0.4, 0.5) is 5.69 Å². The van der Waals surface area contributed by atoms with Gasteiger partial charge in [-0.1, -0.05) is 48.0 Å². The summed E-state index contributed by atoms with van der Waals surface area (Å²) >= 11 is 0. The van der Waals surface area contributed by atoms with Crippen LogP contribution in [-0.2, 0) is 9.53 Å². The number of ketones is 1. The van der Waals surface area contributed by atoms with Gasteiger partial charge < -0.3 is 19.5 Å². The SMILES string of the molecule is Cc1ccc(C(=O)c2ccccc2C(=O)O[C@@H](C)C(=O)Nc2ccc3c(c2)OCCO3)cc1. The number of hydrogen-bond donors (Lipinski definition) is 1. The molecule has 33 heavy (non-hydrogen) atoms. The normalized spacial score (nSPS) is 13.0. The third-order valence-electron chi connectivity index (χ3n) is 5.17. The number of anilines is 1. The molecule has 0 saturated heterocycles. The fourth-order valence-corrected chi connectivity index (χ4v) is 3.36. The molecule has 0 bridgehead atoms. The summed E-state index contributed by atoms with van der Waals surface area (Å²) in [5.41, 5.74) is 2.29. The van der Waals surface area contributed by atoms with Crippen LogP contribution in [0.5, 0.6) is 11.5 Å². The number of benzene rings is 3. The number of fused-ring (bicyclic) bond motifs is 1. The van der Waals surface area contributed by atoms with Crippen molar-refractivity contribution in [2.75, 3.05) is 18.5 Å². The minimum absolute atomic E-state index is 0.0991. The van der Waals surface area contributed by atoms with Gasteiger partial charge in [0.25, 0.3) is 5.91 Å². The molecule has 0 aliphatic carbocycles. The van der Waals surface area contributed by atoms with Crippen molar-refractivity contribution in [3.63, 3.8) is 0 Å². The summed E-state index contributed by atoms with van der Waals surface area (Å²) in [6, 6.07) is 18.5. The predicted octanol–water partition coefficient (Wildman–Crippen LogP) is 4.18. The van der Waals surface area contributed by atoms with Gasteiger partial charge in [-0.2, -0.15) is 0 Å². The summed E-state index contributed by atoms with van der Waals surface area (Å²) in [5.74, 6) is -0.421. The van der Waals surface area contributed by atoms with E-state index in [1.54, 1.807) is 48.5 Å². The van der Waals surface area contributed by atoms with E-state index in [1.807, 2.05) is 19.1 Å². The molecule has 7 heteroatoms. The van der Waals surface area contributed by atoms with E-state index in [-0.39, 0.29) is 16.9 Å². The van der Waals surface area contributed by atoms with Crippen molar-refractivity contribution in [2.45, 2.75) is 20.0 Å². The molecule has 1 aliphatic heterocycles. The van der Waals surface area contributed by atoms with Crippen molar-refractivity contribution in [1.82, 2.24) is 0 Å². The molecule has 7 nitrogen and oxygen atoms in total. The molecule has 0 radical (unpaired) electrons. The van der Waals surface area contributed by atoms with E-state index in [4.69, 9.17) is 14.2 Å². The first kappa shape index (κ1) is 22.1. The van der Waals surface area contributed by atoms with Gasteiger partial charge in [-0.25, -0.2) is 4.79 Å². The Labute approximate surface area is 191 Å². The van der Waals surface area contributed by atoms with Gasteiger partial charge in [-0.3, -0.25) is 9.59 Å². The van der Waals surface area contributed by atoms with Gasteiger partial charge in [0, 0.05) is 22.9 Å². The molecule has 1 atom stereocenters. The third-order valence-corrected chi connectivity index (χ3v) is 5.17. The Balaban J connectivity index is 1.45. The van der Waals surface area contributed by atoms with Crippen LogP contribution in [0.2, 0.25) is 0 Å². The molecule has 0 spiro atoms. The maximum absolute atomic E-state index is 13.0. The van der Waals surface area contributed by atoms with Gasteiger partial charge in [0.15, 0.2) is 23.4 Å². The monoisotopic (exact) mass is 445 g/mol. The first-order valence-electron chi connectivity index (χ1n) is 10.5. The Kier molecular flexibility index (Phi) is 6.40. The van der Waals surface area contributed by atoms with Crippen LogP contribution in [0.25, 0.3) is 0 Å². The number of carbonyl (C=O) groups excluding carboxylic acids is 3. The average molecular weight is 445 g/mol. The Bertz CT molecular complexity index is 1200. The highest BCUT2D eigenvalue weighted by Crippen LogP contribution is 2.32. The Morgan fingerprint density at radius 3 is 2.27 bits per heavy atom. The second-order valence-corrected chi connectivity index (χ2v) is 7.64. The van der Waals surface area contributed by atoms with Crippen molar-refractivity contribution in [3.8, 4) is 11.5 Å². The molecule has 0 unspecified atom stereocenters. The summed E-state index contributed by atoms with van der Waals surface area (Å²) in [4.78, 5) is 38.4. The molecule has 1 amide bonds. The topological polar surface area (TPSA) is 90.9 Å². The number of rotatable bonds is 6. The zero-order valence-electron chi connectivity index (χ0n) is 18.3. The van der Waals surface area contributed by atoms with E-state index in [0.717, 1.165) is 5.56 Å². The number of ether oxygens (including phenoxy) is 3. The molecule has 1 N–H and O–H groups in total. The van der Waals surface area contributed by atoms with Crippen LogP contribution >= 0.6 is 0 Å². The fourth-order valence-electron chi connectivity index (χ4n) is 3.36. The molecule has 1 aliphatic rings. The second-order valence-electron chi connectivity index (χ2n) is 7.64. The predicted molar refractivity (Wildman–Crippen MR) is 122 cm³/mol. The zero-order chi connectivity index (χ0) is 23.4. The summed E-state index contributed by atoms with van der Waals surface area (Å²) in [6.45, 7) is 4.30. The maximum atomic E-state index is 13.0. The number of esters is 1. The lowest BCUT2D eigenvalue weighted by Crippen LogP contribution is -2.30. The lowest BCUT2D eigenvalue weighted by atomic mass is 9.98. The number of nitrogens with one attached hydrogen (secondary N) is 1. The van der Waals surface area contributed by atoms with Crippen LogP contribution < -0.4 is 14.8 Å². The maximum Gasteiger partial charge on any atom is 0.339 e. The van der Waals surface area contributed by atoms with Gasteiger partial charge in [0.1, 0.15) is 13.2 Å². The summed E-state index contributed by atoms with van der Waals surface area (Å²) in [5, 5.41) is 2.70. The number of amides is 1. The van der Waals surface area contributed by atoms with E-state index >= 15 is 0 Å². The van der Waals surface area contributed by atoms with Crippen molar-refractivity contribution in [2.24, 2.45) is 0 Å². The number of carbonyl (C=O) groups is 3. The van der Waals surface area contributed by atoms with Crippen LogP contribution in [0.3, 0.4) is 0 Å². The van der Waals surface area contributed by atoms with Gasteiger partial charge >= 0.3 is 5.97 Å². The molecule has 0 aromatic heterocycles. The van der Waals surface area contributed by atoms with Crippen molar-refractivity contribution >= 4 is 23.3 Å². The molecule has 4 rings (SSSR count). The molecular formula is C26H23NO6. The van der Waals surface area contributed by atoms with Crippen LogP contribution in [0, 0.1) is 6.92 Å². The van der Waals surface area contributed by atoms with E-state index in [2.05, 4.69) is 5.32 Å². The molecule has 0 fully saturated rings. The van der Waals surface area contributed by atoms with E-state index in [1.165, 1.54) is 13.0 Å². The van der Waals surface area contributed by atoms with Crippen LogP contribution in [0.15, 0.2) is 66.7 Å². The lowest BCUT2D eigenvalue weighted by molar-refractivity contribution is -0.123. The van der Waals surface area contributed by atoms with Crippen molar-refractivity contribution in [3.05, 3.63) is 89.0 Å². The Hall–Kier alpha value is -4.13. The highest BCUT2D eigenvalue weighted by Gasteiger charge is 2.24. The molecular weight excluding hydrogens is 422 g/mol. The van der Waals surface area contributed by atoms with Gasteiger partial charge in [0.2, 0.25) is 0 Å². The highest BCUT2D eigenvalue weighted by atomic mass is 16.6. The first-order valence-corrected chi connectivity index (χ1v) is 10.5. The van der Waals surface area contributed by atoms with Crippen LogP contribution in [-0.4, -0.2) is 37.0 Å². The van der Waals surface area contributed by atoms with Gasteiger partial charge in [-0.05, 0) is 32.0 Å². The molecule has 3 aromatic rings. The average Bonchev–Trinajstić information content (AvgIpc) is 2.84. The fraction of sp³-hybridized carbons (Fsp3) is 0.192. The second kappa shape index (κ2) is 9.56. The minimum atomic E-state index is -1.09. The standard InChI is InChI=1S/C26H23NO6/c1-16-7-9-18(10-8-16)24(28)20-5-3-4-6-21(20)26(30)33-17(2)25(29)27-19-11-12-22-23(15-19)32-14-13-31-22/h3-12,15,17H,13-14H2,1-2H3,(H,27,29)/t17-/m0/s1. The number of aryl methyl sites for hydroxylation is 1. The Morgan fingerprint density at radius 1 is 0.879 bits per heavy atom. The summed E-state index contributed by atoms with van der Waals surface area (Å²) < 4.78 is 16.3. The summed E-state index contributed by atoms with van der Waals surface area (Å²) in [7, 11) is 0. The van der Waals surface area contributed by atoms with E-state index < -0.39 is 18.0 Å². The van der Waals surface area contributed by atoms with Gasteiger partial charge in [-0.15, -0.1) is 0 Å².